The second-order valence-corrected chi connectivity index (χ2v) is 8.19. The summed E-state index contributed by atoms with van der Waals surface area (Å²) in [5.41, 5.74) is 1.14. The Balaban J connectivity index is 2.46. The van der Waals surface area contributed by atoms with E-state index in [1.807, 2.05) is 25.1 Å². The van der Waals surface area contributed by atoms with Crippen molar-refractivity contribution in [1.29, 1.82) is 0 Å². The molecule has 0 atom stereocenters. The Labute approximate surface area is 157 Å². The molecule has 148 valence electrons. The molecule has 0 aromatic heterocycles. The quantitative estimate of drug-likeness (QED) is 0.343. The van der Waals surface area contributed by atoms with Crippen molar-refractivity contribution in [3.63, 3.8) is 0 Å². The fraction of sp³-hybridized carbons (Fsp3) is 0.611. The average Bonchev–Trinajstić information content (AvgIpc) is 2.65. The Bertz CT molecular complexity index is 662. The number of rotatable bonds is 11. The van der Waals surface area contributed by atoms with Gasteiger partial charge in [0.15, 0.2) is 5.96 Å². The highest BCUT2D eigenvalue weighted by Gasteiger charge is 2.13. The minimum atomic E-state index is -3.12. The third-order valence-electron chi connectivity index (χ3n) is 3.96. The minimum Gasteiger partial charge on any atom is -0.496 e. The third-order valence-corrected chi connectivity index (χ3v) is 5.83. The molecule has 0 spiro atoms. The van der Waals surface area contributed by atoms with Crippen molar-refractivity contribution in [1.82, 2.24) is 14.9 Å². The molecule has 0 saturated heterocycles. The number of guanidine groups is 1. The SMILES string of the molecule is CCNC(=NCCCN(C)S(=O)(=O)CC)NCCc1ccccc1OC. The molecule has 0 saturated carbocycles. The summed E-state index contributed by atoms with van der Waals surface area (Å²) in [5, 5.41) is 6.50. The van der Waals surface area contributed by atoms with Crippen LogP contribution in [0.3, 0.4) is 0 Å². The van der Waals surface area contributed by atoms with E-state index in [1.165, 1.54) is 4.31 Å². The molecular formula is C18H32N4O3S. The zero-order chi connectivity index (χ0) is 19.4. The van der Waals surface area contributed by atoms with Gasteiger partial charge < -0.3 is 15.4 Å². The molecule has 0 radical (unpaired) electrons. The summed E-state index contributed by atoms with van der Waals surface area (Å²) in [5.74, 6) is 1.75. The summed E-state index contributed by atoms with van der Waals surface area (Å²) in [7, 11) is 0.166. The topological polar surface area (TPSA) is 83.0 Å². The standard InChI is InChI=1S/C18H32N4O3S/c1-5-19-18(20-13-9-15-22(3)26(23,24)6-2)21-14-12-16-10-7-8-11-17(16)25-4/h7-8,10-11H,5-6,9,12-15H2,1-4H3,(H2,19,20,21). The number of benzene rings is 1. The average molecular weight is 385 g/mol. The Morgan fingerprint density at radius 2 is 1.96 bits per heavy atom. The molecule has 1 aromatic rings. The molecule has 0 aliphatic heterocycles. The van der Waals surface area contributed by atoms with E-state index in [1.54, 1.807) is 21.1 Å². The molecular weight excluding hydrogens is 352 g/mol. The highest BCUT2D eigenvalue weighted by Crippen LogP contribution is 2.17. The molecule has 7 nitrogen and oxygen atoms in total. The lowest BCUT2D eigenvalue weighted by Gasteiger charge is -2.15. The molecule has 1 rings (SSSR count). The number of nitrogens with one attached hydrogen (secondary N) is 2. The summed E-state index contributed by atoms with van der Waals surface area (Å²) in [6.07, 6.45) is 1.50. The van der Waals surface area contributed by atoms with E-state index in [4.69, 9.17) is 4.74 Å². The van der Waals surface area contributed by atoms with Gasteiger partial charge in [-0.15, -0.1) is 0 Å². The summed E-state index contributed by atoms with van der Waals surface area (Å²) < 4.78 is 30.2. The molecule has 1 aromatic carbocycles. The second-order valence-electron chi connectivity index (χ2n) is 5.82. The molecule has 0 aliphatic carbocycles. The normalized spacial score (nSPS) is 12.3. The van der Waals surface area contributed by atoms with E-state index in [0.29, 0.717) is 19.5 Å². The van der Waals surface area contributed by atoms with E-state index < -0.39 is 10.0 Å². The first-order valence-corrected chi connectivity index (χ1v) is 10.6. The van der Waals surface area contributed by atoms with Crippen LogP contribution >= 0.6 is 0 Å². The van der Waals surface area contributed by atoms with Crippen molar-refractivity contribution in [2.45, 2.75) is 26.7 Å². The number of para-hydroxylation sites is 1. The van der Waals surface area contributed by atoms with Gasteiger partial charge in [-0.1, -0.05) is 18.2 Å². The van der Waals surface area contributed by atoms with Gasteiger partial charge in [-0.3, -0.25) is 4.99 Å². The Hall–Kier alpha value is -1.80. The lowest BCUT2D eigenvalue weighted by Crippen LogP contribution is -2.38. The summed E-state index contributed by atoms with van der Waals surface area (Å²) in [4.78, 5) is 4.51. The molecule has 8 heteroatoms. The molecule has 26 heavy (non-hydrogen) atoms. The maximum absolute atomic E-state index is 11.7. The number of sulfonamides is 1. The van der Waals surface area contributed by atoms with Crippen molar-refractivity contribution >= 4 is 16.0 Å². The van der Waals surface area contributed by atoms with Gasteiger partial charge in [0.2, 0.25) is 10.0 Å². The maximum atomic E-state index is 11.7. The van der Waals surface area contributed by atoms with Gasteiger partial charge >= 0.3 is 0 Å². The van der Waals surface area contributed by atoms with E-state index in [9.17, 15) is 8.42 Å². The van der Waals surface area contributed by atoms with Crippen LogP contribution in [0.1, 0.15) is 25.8 Å². The molecule has 0 amide bonds. The fourth-order valence-electron chi connectivity index (χ4n) is 2.41. The van der Waals surface area contributed by atoms with Crippen molar-refractivity contribution in [2.75, 3.05) is 46.1 Å². The first-order valence-electron chi connectivity index (χ1n) is 9.02. The number of nitrogens with zero attached hydrogens (tertiary/aromatic N) is 2. The zero-order valence-electron chi connectivity index (χ0n) is 16.3. The highest BCUT2D eigenvalue weighted by molar-refractivity contribution is 7.89. The van der Waals surface area contributed by atoms with Gasteiger partial charge in [0.25, 0.3) is 0 Å². The van der Waals surface area contributed by atoms with Crippen LogP contribution in [-0.2, 0) is 16.4 Å². The summed E-state index contributed by atoms with van der Waals surface area (Å²) >= 11 is 0. The lowest BCUT2D eigenvalue weighted by atomic mass is 10.1. The van der Waals surface area contributed by atoms with Crippen molar-refractivity contribution in [3.8, 4) is 5.75 Å². The van der Waals surface area contributed by atoms with Gasteiger partial charge in [-0.05, 0) is 38.3 Å². The molecule has 0 unspecified atom stereocenters. The zero-order valence-corrected chi connectivity index (χ0v) is 17.1. The van der Waals surface area contributed by atoms with Gasteiger partial charge in [0.1, 0.15) is 5.75 Å². The number of hydrogen-bond donors (Lipinski definition) is 2. The van der Waals surface area contributed by atoms with Crippen LogP contribution < -0.4 is 15.4 Å². The number of ether oxygens (including phenoxy) is 1. The van der Waals surface area contributed by atoms with Crippen molar-refractivity contribution in [3.05, 3.63) is 29.8 Å². The van der Waals surface area contributed by atoms with Crippen molar-refractivity contribution in [2.24, 2.45) is 4.99 Å². The second kappa shape index (κ2) is 11.7. The number of methoxy groups -OCH3 is 1. The first kappa shape index (κ1) is 22.2. The van der Waals surface area contributed by atoms with E-state index in [0.717, 1.165) is 36.8 Å². The largest absolute Gasteiger partial charge is 0.496 e. The van der Waals surface area contributed by atoms with Crippen LogP contribution in [0.2, 0.25) is 0 Å². The van der Waals surface area contributed by atoms with Crippen molar-refractivity contribution < 1.29 is 13.2 Å². The first-order chi connectivity index (χ1) is 12.4. The van der Waals surface area contributed by atoms with Crippen LogP contribution in [0.5, 0.6) is 5.75 Å². The molecule has 0 heterocycles. The monoisotopic (exact) mass is 384 g/mol. The number of aliphatic imine (C=N–C) groups is 1. The maximum Gasteiger partial charge on any atom is 0.213 e. The molecule has 2 N–H and O–H groups in total. The summed E-state index contributed by atoms with van der Waals surface area (Å²) in [6.45, 7) is 6.20. The molecule has 0 bridgehead atoms. The van der Waals surface area contributed by atoms with Crippen LogP contribution in [0, 0.1) is 0 Å². The van der Waals surface area contributed by atoms with E-state index in [2.05, 4.69) is 21.7 Å². The number of hydrogen-bond acceptors (Lipinski definition) is 4. The van der Waals surface area contributed by atoms with Gasteiger partial charge in [-0.2, -0.15) is 0 Å². The fourth-order valence-corrected chi connectivity index (χ4v) is 3.26. The van der Waals surface area contributed by atoms with Crippen LogP contribution in [-0.4, -0.2) is 64.8 Å². The summed E-state index contributed by atoms with van der Waals surface area (Å²) in [6, 6.07) is 7.96. The highest BCUT2D eigenvalue weighted by atomic mass is 32.2. The minimum absolute atomic E-state index is 0.125. The Kier molecular flexibility index (Phi) is 10.0. The van der Waals surface area contributed by atoms with Gasteiger partial charge in [-0.25, -0.2) is 12.7 Å². The van der Waals surface area contributed by atoms with E-state index >= 15 is 0 Å². The Morgan fingerprint density at radius 3 is 2.62 bits per heavy atom. The lowest BCUT2D eigenvalue weighted by molar-refractivity contribution is 0.409. The predicted octanol–water partition coefficient (Wildman–Crippen LogP) is 1.46. The van der Waals surface area contributed by atoms with Crippen LogP contribution in [0.4, 0.5) is 0 Å². The Morgan fingerprint density at radius 1 is 1.23 bits per heavy atom. The third kappa shape index (κ3) is 7.61. The van der Waals surface area contributed by atoms with E-state index in [-0.39, 0.29) is 5.75 Å². The molecule has 0 fully saturated rings. The molecule has 0 aliphatic rings. The predicted molar refractivity (Wildman–Crippen MR) is 107 cm³/mol. The van der Waals surface area contributed by atoms with Gasteiger partial charge in [0, 0.05) is 33.2 Å². The van der Waals surface area contributed by atoms with Crippen LogP contribution in [0.25, 0.3) is 0 Å². The van der Waals surface area contributed by atoms with Gasteiger partial charge in [0.05, 0.1) is 12.9 Å². The smallest absolute Gasteiger partial charge is 0.213 e. The van der Waals surface area contributed by atoms with Crippen LogP contribution in [0.15, 0.2) is 29.3 Å².